The van der Waals surface area contributed by atoms with E-state index in [1.807, 2.05) is 11.1 Å². The first-order chi connectivity index (χ1) is 15.8. The first-order valence-electron chi connectivity index (χ1n) is 12.7. The number of allylic oxidation sites excluding steroid dienone is 2. The average Bonchev–Trinajstić information content (AvgIpc) is 3.15. The summed E-state index contributed by atoms with van der Waals surface area (Å²) in [5.74, 6) is 0.179. The van der Waals surface area contributed by atoms with E-state index in [4.69, 9.17) is 10.5 Å². The van der Waals surface area contributed by atoms with Gasteiger partial charge in [-0.15, -0.1) is 0 Å². The summed E-state index contributed by atoms with van der Waals surface area (Å²) in [6, 6.07) is 0. The number of carbonyl (C=O) groups is 1. The zero-order valence-corrected chi connectivity index (χ0v) is 20.1. The second-order valence-electron chi connectivity index (χ2n) is 11.2. The summed E-state index contributed by atoms with van der Waals surface area (Å²) < 4.78 is 6.23. The number of nitrogens with two attached hydrogens (primary N) is 1. The third kappa shape index (κ3) is 3.22. The molecule has 5 rings (SSSR count). The van der Waals surface area contributed by atoms with Crippen molar-refractivity contribution < 1.29 is 19.7 Å². The van der Waals surface area contributed by atoms with E-state index in [0.717, 1.165) is 63.5 Å². The molecule has 0 aromatic carbocycles. The van der Waals surface area contributed by atoms with Gasteiger partial charge in [-0.1, -0.05) is 32.3 Å². The highest BCUT2D eigenvalue weighted by molar-refractivity contribution is 5.92. The van der Waals surface area contributed by atoms with Gasteiger partial charge >= 0.3 is 5.97 Å². The number of rotatable bonds is 4. The fraction of sp³-hybridized carbons (Fsp3) is 0.769. The summed E-state index contributed by atoms with van der Waals surface area (Å²) in [6.45, 7) is 3.06. The second kappa shape index (κ2) is 8.12. The van der Waals surface area contributed by atoms with Crippen molar-refractivity contribution in [3.05, 3.63) is 23.4 Å². The summed E-state index contributed by atoms with van der Waals surface area (Å²) in [4.78, 5) is 18.9. The quantitative estimate of drug-likeness (QED) is 0.441. The van der Waals surface area contributed by atoms with Crippen molar-refractivity contribution in [2.45, 2.75) is 82.8 Å². The number of guanidine groups is 1. The Morgan fingerprint density at radius 3 is 2.73 bits per heavy atom. The Morgan fingerprint density at radius 1 is 1.27 bits per heavy atom. The predicted molar refractivity (Wildman–Crippen MR) is 126 cm³/mol. The molecule has 0 saturated heterocycles. The van der Waals surface area contributed by atoms with Crippen LogP contribution in [-0.2, 0) is 9.53 Å². The second-order valence-corrected chi connectivity index (χ2v) is 11.2. The molecule has 4 N–H and O–H groups in total. The first-order valence-corrected chi connectivity index (χ1v) is 12.7. The van der Waals surface area contributed by atoms with Gasteiger partial charge in [-0.05, 0) is 62.4 Å². The summed E-state index contributed by atoms with van der Waals surface area (Å²) in [6.07, 6.45) is 14.0. The molecule has 7 nitrogen and oxygen atoms in total. The Morgan fingerprint density at radius 2 is 2.03 bits per heavy atom. The molecule has 1 heterocycles. The van der Waals surface area contributed by atoms with Crippen LogP contribution in [0.4, 0.5) is 0 Å². The van der Waals surface area contributed by atoms with Crippen molar-refractivity contribution in [1.29, 1.82) is 0 Å². The highest BCUT2D eigenvalue weighted by Gasteiger charge is 2.73. The van der Waals surface area contributed by atoms with Gasteiger partial charge in [-0.2, -0.15) is 0 Å². The highest BCUT2D eigenvalue weighted by Crippen LogP contribution is 2.76. The molecule has 0 aromatic rings. The Hall–Kier alpha value is -1.86. The van der Waals surface area contributed by atoms with Gasteiger partial charge in [0.05, 0.1) is 18.3 Å². The van der Waals surface area contributed by atoms with Crippen LogP contribution in [0.15, 0.2) is 28.4 Å². The molecule has 1 aliphatic heterocycles. The molecule has 182 valence electrons. The highest BCUT2D eigenvalue weighted by atomic mass is 16.5. The number of hydrogen-bond acceptors (Lipinski definition) is 4. The number of aliphatic imine (C=N–C) groups is 1. The van der Waals surface area contributed by atoms with Crippen LogP contribution in [0.2, 0.25) is 0 Å². The Kier molecular flexibility index (Phi) is 5.64. The molecule has 33 heavy (non-hydrogen) atoms. The van der Waals surface area contributed by atoms with Crippen LogP contribution in [0.25, 0.3) is 0 Å². The van der Waals surface area contributed by atoms with E-state index >= 15 is 0 Å². The van der Waals surface area contributed by atoms with E-state index in [1.165, 1.54) is 6.42 Å². The number of aliphatic carboxylic acids is 1. The molecular formula is C26H39N3O4. The Bertz CT molecular complexity index is 907. The fourth-order valence-electron chi connectivity index (χ4n) is 8.42. The van der Waals surface area contributed by atoms with Crippen LogP contribution < -0.4 is 5.73 Å². The molecule has 5 atom stereocenters. The summed E-state index contributed by atoms with van der Waals surface area (Å²) >= 11 is 0. The number of hydrogen-bond donors (Lipinski definition) is 3. The smallest absolute Gasteiger partial charge is 0.334 e. The zero-order chi connectivity index (χ0) is 23.4. The number of aliphatic hydroxyl groups is 1. The monoisotopic (exact) mass is 457 g/mol. The maximum absolute atomic E-state index is 12.7. The molecule has 0 amide bonds. The summed E-state index contributed by atoms with van der Waals surface area (Å²) in [5.41, 5.74) is 5.49. The Balaban J connectivity index is 1.55. The van der Waals surface area contributed by atoms with E-state index in [-0.39, 0.29) is 35.0 Å². The van der Waals surface area contributed by atoms with Gasteiger partial charge in [-0.25, -0.2) is 4.79 Å². The number of carboxylic acids is 1. The maximum atomic E-state index is 12.7. The largest absolute Gasteiger partial charge is 0.478 e. The van der Waals surface area contributed by atoms with Crippen LogP contribution >= 0.6 is 0 Å². The van der Waals surface area contributed by atoms with Gasteiger partial charge in [0.15, 0.2) is 5.96 Å². The van der Waals surface area contributed by atoms with Gasteiger partial charge in [-0.3, -0.25) is 4.99 Å². The lowest BCUT2D eigenvalue weighted by atomic mass is 9.49. The van der Waals surface area contributed by atoms with Crippen molar-refractivity contribution in [3.8, 4) is 0 Å². The minimum atomic E-state index is -1.45. The molecule has 3 fully saturated rings. The van der Waals surface area contributed by atoms with E-state index in [1.54, 1.807) is 7.05 Å². The van der Waals surface area contributed by atoms with Crippen molar-refractivity contribution in [3.63, 3.8) is 0 Å². The molecule has 0 radical (unpaired) electrons. The standard InChI is InChI=1S/C26H39N3O4/c1-17-9-10-18-13-20-21(22(30)31)25(32,16-33-19-7-4-3-5-8-19)14-26(17,20)24(18)11-6-12-29(15-24)23(27)28-2/h6,12,17-19,32H,3-5,7-11,13-16H2,1-2H3,(H2,27,28)(H,30,31). The summed E-state index contributed by atoms with van der Waals surface area (Å²) in [5, 5.41) is 22.3. The van der Waals surface area contributed by atoms with Crippen LogP contribution in [0, 0.1) is 22.7 Å². The maximum Gasteiger partial charge on any atom is 0.334 e. The van der Waals surface area contributed by atoms with E-state index in [2.05, 4.69) is 18.0 Å². The molecule has 0 aromatic heterocycles. The number of carboxylic acid groups (broad SMARTS) is 1. The van der Waals surface area contributed by atoms with Gasteiger partial charge in [0.2, 0.25) is 0 Å². The van der Waals surface area contributed by atoms with Crippen molar-refractivity contribution in [2.24, 2.45) is 33.4 Å². The van der Waals surface area contributed by atoms with Crippen molar-refractivity contribution >= 4 is 11.9 Å². The first kappa shape index (κ1) is 22.9. The van der Waals surface area contributed by atoms with Crippen LogP contribution in [0.1, 0.15) is 71.1 Å². The lowest BCUT2D eigenvalue weighted by molar-refractivity contribution is -0.140. The van der Waals surface area contributed by atoms with Crippen molar-refractivity contribution in [1.82, 2.24) is 4.90 Å². The molecular weight excluding hydrogens is 418 g/mol. The number of ether oxygens (including phenoxy) is 1. The average molecular weight is 458 g/mol. The predicted octanol–water partition coefficient (Wildman–Crippen LogP) is 3.44. The van der Waals surface area contributed by atoms with Crippen LogP contribution in [0.5, 0.6) is 0 Å². The lowest BCUT2D eigenvalue weighted by Crippen LogP contribution is -2.58. The summed E-state index contributed by atoms with van der Waals surface area (Å²) in [7, 11) is 1.70. The molecule has 2 bridgehead atoms. The van der Waals surface area contributed by atoms with E-state index < -0.39 is 11.6 Å². The normalized spacial score (nSPS) is 41.2. The topological polar surface area (TPSA) is 108 Å². The SMILES string of the molecule is CN=C(N)N1C=CCC2(C1)C1CCC(C)C23CC(O)(COC2CCCCC2)C(C(=O)O)=C3C1. The molecule has 7 heteroatoms. The number of nitrogens with zero attached hydrogens (tertiary/aromatic N) is 2. The minimum Gasteiger partial charge on any atom is -0.478 e. The van der Waals surface area contributed by atoms with Gasteiger partial charge in [0.25, 0.3) is 0 Å². The molecule has 5 aliphatic rings. The van der Waals surface area contributed by atoms with Gasteiger partial charge < -0.3 is 25.6 Å². The third-order valence-corrected chi connectivity index (χ3v) is 9.85. The van der Waals surface area contributed by atoms with Gasteiger partial charge in [0.1, 0.15) is 5.60 Å². The van der Waals surface area contributed by atoms with Gasteiger partial charge in [0, 0.05) is 30.6 Å². The van der Waals surface area contributed by atoms with E-state index in [9.17, 15) is 15.0 Å². The Labute approximate surface area is 196 Å². The van der Waals surface area contributed by atoms with Crippen LogP contribution in [0.3, 0.4) is 0 Å². The fourth-order valence-corrected chi connectivity index (χ4v) is 8.42. The third-order valence-electron chi connectivity index (χ3n) is 9.85. The van der Waals surface area contributed by atoms with Crippen LogP contribution in [-0.4, -0.2) is 58.9 Å². The lowest BCUT2D eigenvalue weighted by Gasteiger charge is -2.58. The zero-order valence-electron chi connectivity index (χ0n) is 20.1. The molecule has 2 spiro atoms. The molecule has 4 aliphatic carbocycles. The van der Waals surface area contributed by atoms with E-state index in [0.29, 0.717) is 18.3 Å². The molecule has 3 saturated carbocycles. The molecule has 5 unspecified atom stereocenters. The van der Waals surface area contributed by atoms with Crippen molar-refractivity contribution in [2.75, 3.05) is 20.2 Å². The minimum absolute atomic E-state index is 0.0795.